The zero-order valence-electron chi connectivity index (χ0n) is 11.1. The zero-order valence-corrected chi connectivity index (χ0v) is 11.1. The summed E-state index contributed by atoms with van der Waals surface area (Å²) in [4.78, 5) is 33.9. The van der Waals surface area contributed by atoms with Crippen LogP contribution in [0.5, 0.6) is 0 Å². The molecule has 108 valence electrons. The summed E-state index contributed by atoms with van der Waals surface area (Å²) >= 11 is 0. The number of benzene rings is 1. The summed E-state index contributed by atoms with van der Waals surface area (Å²) in [6, 6.07) is 4.18. The maximum atomic E-state index is 12.7. The molecule has 1 aromatic carbocycles. The molecule has 3 N–H and O–H groups in total. The number of anilines is 1. The van der Waals surface area contributed by atoms with Gasteiger partial charge in [-0.3, -0.25) is 14.9 Å². The molecule has 0 atom stereocenters. The lowest BCUT2D eigenvalue weighted by molar-refractivity contribution is -0.149. The predicted molar refractivity (Wildman–Crippen MR) is 69.6 cm³/mol. The van der Waals surface area contributed by atoms with Gasteiger partial charge in [-0.15, -0.1) is 0 Å². The smallest absolute Gasteiger partial charge is 0.325 e. The molecule has 0 bridgehead atoms. The van der Waals surface area contributed by atoms with Gasteiger partial charge in [-0.1, -0.05) is 0 Å². The van der Waals surface area contributed by atoms with Crippen LogP contribution in [0.1, 0.15) is 20.3 Å². The number of amides is 3. The van der Waals surface area contributed by atoms with E-state index >= 15 is 0 Å². The maximum absolute atomic E-state index is 12.7. The van der Waals surface area contributed by atoms with E-state index in [9.17, 15) is 18.8 Å². The minimum Gasteiger partial charge on any atom is -0.481 e. The van der Waals surface area contributed by atoms with Crippen LogP contribution < -0.4 is 10.6 Å². The monoisotopic (exact) mass is 282 g/mol. The number of imide groups is 1. The van der Waals surface area contributed by atoms with Gasteiger partial charge in [0.05, 0.1) is 5.41 Å². The largest absolute Gasteiger partial charge is 0.481 e. The van der Waals surface area contributed by atoms with Crippen molar-refractivity contribution >= 4 is 23.6 Å². The summed E-state index contributed by atoms with van der Waals surface area (Å²) in [6.45, 7) is 2.76. The SMILES string of the molecule is CC(C)(CC(=O)NC(=O)Nc1ccc(F)cc1)C(=O)O. The molecule has 0 saturated carbocycles. The number of carboxylic acids is 1. The zero-order chi connectivity index (χ0) is 15.3. The lowest BCUT2D eigenvalue weighted by atomic mass is 9.89. The summed E-state index contributed by atoms with van der Waals surface area (Å²) in [7, 11) is 0. The maximum Gasteiger partial charge on any atom is 0.325 e. The molecule has 0 heterocycles. The van der Waals surface area contributed by atoms with E-state index in [1.54, 1.807) is 0 Å². The van der Waals surface area contributed by atoms with E-state index in [-0.39, 0.29) is 6.42 Å². The van der Waals surface area contributed by atoms with Crippen molar-refractivity contribution in [2.24, 2.45) is 5.41 Å². The van der Waals surface area contributed by atoms with Gasteiger partial charge in [-0.25, -0.2) is 9.18 Å². The second-order valence-corrected chi connectivity index (χ2v) is 4.88. The van der Waals surface area contributed by atoms with Crippen LogP contribution in [0.3, 0.4) is 0 Å². The summed E-state index contributed by atoms with van der Waals surface area (Å²) < 4.78 is 12.7. The molecule has 0 aliphatic carbocycles. The van der Waals surface area contributed by atoms with Crippen molar-refractivity contribution in [3.63, 3.8) is 0 Å². The second-order valence-electron chi connectivity index (χ2n) is 4.88. The van der Waals surface area contributed by atoms with Gasteiger partial charge in [0, 0.05) is 12.1 Å². The predicted octanol–water partition coefficient (Wildman–Crippen LogP) is 1.97. The summed E-state index contributed by atoms with van der Waals surface area (Å²) in [5, 5.41) is 13.2. The Morgan fingerprint density at radius 2 is 1.75 bits per heavy atom. The first-order chi connectivity index (χ1) is 9.20. The van der Waals surface area contributed by atoms with Crippen molar-refractivity contribution in [1.29, 1.82) is 0 Å². The Labute approximate surface area is 115 Å². The van der Waals surface area contributed by atoms with E-state index in [2.05, 4.69) is 5.32 Å². The van der Waals surface area contributed by atoms with E-state index in [0.717, 1.165) is 12.1 Å². The fourth-order valence-corrected chi connectivity index (χ4v) is 1.34. The van der Waals surface area contributed by atoms with Gasteiger partial charge in [0.2, 0.25) is 5.91 Å². The normalized spacial score (nSPS) is 10.8. The van der Waals surface area contributed by atoms with E-state index in [0.29, 0.717) is 5.69 Å². The molecule has 0 unspecified atom stereocenters. The highest BCUT2D eigenvalue weighted by molar-refractivity contribution is 6.02. The van der Waals surface area contributed by atoms with Crippen molar-refractivity contribution in [1.82, 2.24) is 5.32 Å². The molecular weight excluding hydrogens is 267 g/mol. The van der Waals surface area contributed by atoms with Gasteiger partial charge < -0.3 is 10.4 Å². The van der Waals surface area contributed by atoms with Crippen LogP contribution in [0.4, 0.5) is 14.9 Å². The summed E-state index contributed by atoms with van der Waals surface area (Å²) in [6.07, 6.45) is -0.334. The van der Waals surface area contributed by atoms with E-state index in [4.69, 9.17) is 5.11 Å². The van der Waals surface area contributed by atoms with Gasteiger partial charge in [-0.2, -0.15) is 0 Å². The fraction of sp³-hybridized carbons (Fsp3) is 0.308. The average Bonchev–Trinajstić information content (AvgIpc) is 2.30. The molecule has 0 spiro atoms. The first-order valence-corrected chi connectivity index (χ1v) is 5.80. The molecule has 3 amide bonds. The van der Waals surface area contributed by atoms with Crippen molar-refractivity contribution in [2.45, 2.75) is 20.3 Å². The molecule has 0 aliphatic heterocycles. The lowest BCUT2D eigenvalue weighted by Gasteiger charge is -2.17. The minimum atomic E-state index is -1.26. The third-order valence-electron chi connectivity index (χ3n) is 2.54. The van der Waals surface area contributed by atoms with Gasteiger partial charge in [0.25, 0.3) is 0 Å². The highest BCUT2D eigenvalue weighted by Crippen LogP contribution is 2.20. The van der Waals surface area contributed by atoms with Crippen LogP contribution in [-0.2, 0) is 9.59 Å². The number of nitrogens with one attached hydrogen (secondary N) is 2. The summed E-state index contributed by atoms with van der Waals surface area (Å²) in [5.41, 5.74) is -0.950. The molecule has 1 rings (SSSR count). The minimum absolute atomic E-state index is 0.314. The fourth-order valence-electron chi connectivity index (χ4n) is 1.34. The number of hydrogen-bond acceptors (Lipinski definition) is 3. The molecule has 0 radical (unpaired) electrons. The first-order valence-electron chi connectivity index (χ1n) is 5.80. The number of aliphatic carboxylic acids is 1. The first kappa shape index (κ1) is 15.6. The molecule has 7 heteroatoms. The quantitative estimate of drug-likeness (QED) is 0.786. The molecule has 0 aromatic heterocycles. The standard InChI is InChI=1S/C13H15FN2O4/c1-13(2,11(18)19)7-10(17)16-12(20)15-9-5-3-8(14)4-6-9/h3-6H,7H2,1-2H3,(H,18,19)(H2,15,16,17,20). The van der Waals surface area contributed by atoms with Crippen LogP contribution in [0.25, 0.3) is 0 Å². The molecule has 0 saturated heterocycles. The Morgan fingerprint density at radius 3 is 2.25 bits per heavy atom. The Balaban J connectivity index is 2.52. The molecule has 6 nitrogen and oxygen atoms in total. The van der Waals surface area contributed by atoms with Gasteiger partial charge in [0.15, 0.2) is 0 Å². The number of hydrogen-bond donors (Lipinski definition) is 3. The Bertz CT molecular complexity index is 526. The number of carboxylic acid groups (broad SMARTS) is 1. The number of halogens is 1. The third kappa shape index (κ3) is 4.68. The third-order valence-corrected chi connectivity index (χ3v) is 2.54. The molecular formula is C13H15FN2O4. The van der Waals surface area contributed by atoms with Gasteiger partial charge in [-0.05, 0) is 38.1 Å². The van der Waals surface area contributed by atoms with E-state index < -0.39 is 29.1 Å². The van der Waals surface area contributed by atoms with Crippen molar-refractivity contribution in [3.8, 4) is 0 Å². The lowest BCUT2D eigenvalue weighted by Crippen LogP contribution is -2.38. The van der Waals surface area contributed by atoms with Gasteiger partial charge >= 0.3 is 12.0 Å². The number of carbonyl (C=O) groups excluding carboxylic acids is 2. The van der Waals surface area contributed by atoms with E-state index in [1.165, 1.54) is 26.0 Å². The van der Waals surface area contributed by atoms with Crippen LogP contribution >= 0.6 is 0 Å². The van der Waals surface area contributed by atoms with Crippen molar-refractivity contribution in [2.75, 3.05) is 5.32 Å². The molecule has 1 aromatic rings. The van der Waals surface area contributed by atoms with Crippen molar-refractivity contribution in [3.05, 3.63) is 30.1 Å². The Hall–Kier alpha value is -2.44. The molecule has 0 aliphatic rings. The Kier molecular flexibility index (Phi) is 4.79. The average molecular weight is 282 g/mol. The Morgan fingerprint density at radius 1 is 1.20 bits per heavy atom. The van der Waals surface area contributed by atoms with Crippen LogP contribution in [0.15, 0.2) is 24.3 Å². The van der Waals surface area contributed by atoms with Crippen LogP contribution in [0.2, 0.25) is 0 Å². The topological polar surface area (TPSA) is 95.5 Å². The molecule has 0 fully saturated rings. The van der Waals surface area contributed by atoms with Crippen LogP contribution in [-0.4, -0.2) is 23.0 Å². The van der Waals surface area contributed by atoms with Crippen LogP contribution in [0, 0.1) is 11.2 Å². The molecule has 20 heavy (non-hydrogen) atoms. The van der Waals surface area contributed by atoms with E-state index in [1.807, 2.05) is 5.32 Å². The number of carbonyl (C=O) groups is 3. The second kappa shape index (κ2) is 6.14. The van der Waals surface area contributed by atoms with Crippen molar-refractivity contribution < 1.29 is 23.9 Å². The number of urea groups is 1. The van der Waals surface area contributed by atoms with Gasteiger partial charge in [0.1, 0.15) is 5.82 Å². The highest BCUT2D eigenvalue weighted by atomic mass is 19.1. The highest BCUT2D eigenvalue weighted by Gasteiger charge is 2.30. The summed E-state index contributed by atoms with van der Waals surface area (Å²) in [5.74, 6) is -2.29. The number of rotatable bonds is 4.